The van der Waals surface area contributed by atoms with Crippen LogP contribution in [0.15, 0.2) is 23.2 Å². The molecule has 0 spiro atoms. The minimum Gasteiger partial charge on any atom is -0.508 e. The number of likely N-dealkylation sites (tertiary alicyclic amines) is 1. The van der Waals surface area contributed by atoms with Gasteiger partial charge < -0.3 is 30.1 Å². The lowest BCUT2D eigenvalue weighted by molar-refractivity contribution is 0.0193. The molecule has 0 saturated carbocycles. The second kappa shape index (κ2) is 10.2. The first kappa shape index (κ1) is 22.6. The molecule has 1 fully saturated rings. The number of hydrogen-bond donors (Lipinski definition) is 3. The molecule has 8 heteroatoms. The molecule has 1 unspecified atom stereocenters. The normalized spacial score (nSPS) is 17.6. The van der Waals surface area contributed by atoms with Crippen LogP contribution in [0.2, 0.25) is 0 Å². The van der Waals surface area contributed by atoms with Crippen LogP contribution in [0.4, 0.5) is 4.79 Å². The predicted octanol–water partition coefficient (Wildman–Crippen LogP) is 2.86. The zero-order valence-electron chi connectivity index (χ0n) is 18.1. The highest BCUT2D eigenvalue weighted by Gasteiger charge is 2.28. The van der Waals surface area contributed by atoms with Crippen LogP contribution in [0.25, 0.3) is 0 Å². The number of nitrogens with zero attached hydrogens (tertiary/aromatic N) is 2. The zero-order chi connectivity index (χ0) is 21.4. The first-order valence-electron chi connectivity index (χ1n) is 10.1. The molecule has 1 heterocycles. The van der Waals surface area contributed by atoms with Crippen molar-refractivity contribution >= 4 is 12.1 Å². The number of hydrogen-bond acceptors (Lipinski definition) is 5. The summed E-state index contributed by atoms with van der Waals surface area (Å²) in [5.41, 5.74) is 0.174. The Labute approximate surface area is 173 Å². The number of methoxy groups -OCH3 is 1. The Bertz CT molecular complexity index is 715. The van der Waals surface area contributed by atoms with E-state index in [1.165, 1.54) is 0 Å². The van der Waals surface area contributed by atoms with Gasteiger partial charge >= 0.3 is 6.09 Å². The van der Waals surface area contributed by atoms with Gasteiger partial charge in [0.1, 0.15) is 17.1 Å². The number of ether oxygens (including phenoxy) is 2. The van der Waals surface area contributed by atoms with Crippen LogP contribution in [-0.4, -0.2) is 60.4 Å². The van der Waals surface area contributed by atoms with Crippen molar-refractivity contribution in [1.29, 1.82) is 0 Å². The summed E-state index contributed by atoms with van der Waals surface area (Å²) in [6, 6.07) is 5.16. The van der Waals surface area contributed by atoms with E-state index in [9.17, 15) is 9.90 Å². The topological polar surface area (TPSA) is 95.4 Å². The second-order valence-corrected chi connectivity index (χ2v) is 8.10. The average molecular weight is 407 g/mol. The predicted molar refractivity (Wildman–Crippen MR) is 113 cm³/mol. The molecule has 0 radical (unpaired) electrons. The maximum atomic E-state index is 12.4. The summed E-state index contributed by atoms with van der Waals surface area (Å²) in [6.45, 7) is 9.87. The van der Waals surface area contributed by atoms with Crippen molar-refractivity contribution in [2.75, 3.05) is 26.7 Å². The average Bonchev–Trinajstić information content (AvgIpc) is 2.66. The smallest absolute Gasteiger partial charge is 0.410 e. The number of aromatic hydroxyl groups is 1. The highest BCUT2D eigenvalue weighted by molar-refractivity contribution is 5.80. The van der Waals surface area contributed by atoms with Gasteiger partial charge in [-0.15, -0.1) is 0 Å². The van der Waals surface area contributed by atoms with Gasteiger partial charge in [0.2, 0.25) is 0 Å². The molecular formula is C21H34N4O4. The molecule has 1 aromatic rings. The van der Waals surface area contributed by atoms with Gasteiger partial charge in [-0.05, 0) is 58.7 Å². The molecule has 0 aromatic heterocycles. The number of aliphatic imine (C=N–C) groups is 1. The first-order valence-corrected chi connectivity index (χ1v) is 10.1. The standard InChI is InChI=1S/C21H34N4O4/c1-6-22-19(23-13-15-12-17(28-5)9-10-18(15)26)24-16-8-7-11-25(14-16)20(27)29-21(2,3)4/h9-10,12,16,26H,6-8,11,13-14H2,1-5H3,(H2,22,23,24). The maximum absolute atomic E-state index is 12.4. The van der Waals surface area contributed by atoms with Crippen LogP contribution in [-0.2, 0) is 11.3 Å². The third-order valence-electron chi connectivity index (χ3n) is 4.45. The zero-order valence-corrected chi connectivity index (χ0v) is 18.1. The van der Waals surface area contributed by atoms with E-state index >= 15 is 0 Å². The summed E-state index contributed by atoms with van der Waals surface area (Å²) < 4.78 is 10.7. The summed E-state index contributed by atoms with van der Waals surface area (Å²) in [4.78, 5) is 18.7. The van der Waals surface area contributed by atoms with Crippen molar-refractivity contribution in [2.24, 2.45) is 4.99 Å². The Morgan fingerprint density at radius 3 is 2.79 bits per heavy atom. The minimum atomic E-state index is -0.507. The Hall–Kier alpha value is -2.64. The van der Waals surface area contributed by atoms with Gasteiger partial charge in [-0.3, -0.25) is 0 Å². The number of amides is 1. The number of carbonyl (C=O) groups is 1. The molecule has 1 aliphatic heterocycles. The molecule has 1 aromatic carbocycles. The summed E-state index contributed by atoms with van der Waals surface area (Å²) in [5, 5.41) is 16.7. The molecule has 0 bridgehead atoms. The van der Waals surface area contributed by atoms with E-state index in [1.54, 1.807) is 30.2 Å². The largest absolute Gasteiger partial charge is 0.508 e. The van der Waals surface area contributed by atoms with E-state index in [2.05, 4.69) is 15.6 Å². The fraction of sp³-hybridized carbons (Fsp3) is 0.619. The van der Waals surface area contributed by atoms with Gasteiger partial charge in [-0.2, -0.15) is 0 Å². The van der Waals surface area contributed by atoms with Crippen LogP contribution >= 0.6 is 0 Å². The van der Waals surface area contributed by atoms with Gasteiger partial charge in [0, 0.05) is 31.2 Å². The summed E-state index contributed by atoms with van der Waals surface area (Å²) >= 11 is 0. The maximum Gasteiger partial charge on any atom is 0.410 e. The lowest BCUT2D eigenvalue weighted by atomic mass is 10.1. The van der Waals surface area contributed by atoms with Gasteiger partial charge in [0.15, 0.2) is 5.96 Å². The molecule has 1 saturated heterocycles. The summed E-state index contributed by atoms with van der Waals surface area (Å²) in [6.07, 6.45) is 1.55. The van der Waals surface area contributed by atoms with Crippen LogP contribution in [0.5, 0.6) is 11.5 Å². The van der Waals surface area contributed by atoms with Crippen LogP contribution < -0.4 is 15.4 Å². The molecule has 162 valence electrons. The summed E-state index contributed by atoms with van der Waals surface area (Å²) in [7, 11) is 1.59. The van der Waals surface area contributed by atoms with E-state index in [0.717, 1.165) is 12.8 Å². The van der Waals surface area contributed by atoms with Gasteiger partial charge in [-0.1, -0.05) is 0 Å². The number of benzene rings is 1. The summed E-state index contributed by atoms with van der Waals surface area (Å²) in [5.74, 6) is 1.50. The fourth-order valence-corrected chi connectivity index (χ4v) is 3.08. The highest BCUT2D eigenvalue weighted by atomic mass is 16.6. The number of piperidine rings is 1. The van der Waals surface area contributed by atoms with Crippen molar-refractivity contribution in [3.63, 3.8) is 0 Å². The molecule has 1 aliphatic rings. The lowest BCUT2D eigenvalue weighted by Crippen LogP contribution is -2.53. The van der Waals surface area contributed by atoms with Crippen molar-refractivity contribution in [2.45, 2.75) is 58.7 Å². The van der Waals surface area contributed by atoms with Crippen molar-refractivity contribution < 1.29 is 19.4 Å². The molecule has 1 atom stereocenters. The Morgan fingerprint density at radius 2 is 2.14 bits per heavy atom. The van der Waals surface area contributed by atoms with Gasteiger partial charge in [0.05, 0.1) is 13.7 Å². The number of carbonyl (C=O) groups excluding carboxylic acids is 1. The van der Waals surface area contributed by atoms with Crippen LogP contribution in [0.1, 0.15) is 46.1 Å². The number of guanidine groups is 1. The van der Waals surface area contributed by atoms with Crippen molar-refractivity contribution in [3.05, 3.63) is 23.8 Å². The molecular weight excluding hydrogens is 372 g/mol. The number of phenols is 1. The Balaban J connectivity index is 2.02. The molecule has 1 amide bonds. The second-order valence-electron chi connectivity index (χ2n) is 8.10. The Morgan fingerprint density at radius 1 is 1.38 bits per heavy atom. The SMILES string of the molecule is CCNC(=NCc1cc(OC)ccc1O)NC1CCCN(C(=O)OC(C)(C)C)C1. The molecule has 3 N–H and O–H groups in total. The number of rotatable bonds is 5. The molecule has 0 aliphatic carbocycles. The molecule has 8 nitrogen and oxygen atoms in total. The van der Waals surface area contributed by atoms with E-state index in [-0.39, 0.29) is 17.9 Å². The molecule has 29 heavy (non-hydrogen) atoms. The fourth-order valence-electron chi connectivity index (χ4n) is 3.08. The van der Waals surface area contributed by atoms with E-state index in [4.69, 9.17) is 9.47 Å². The van der Waals surface area contributed by atoms with Gasteiger partial charge in [0.25, 0.3) is 0 Å². The lowest BCUT2D eigenvalue weighted by Gasteiger charge is -2.35. The minimum absolute atomic E-state index is 0.0768. The van der Waals surface area contributed by atoms with Gasteiger partial charge in [-0.25, -0.2) is 9.79 Å². The van der Waals surface area contributed by atoms with Crippen molar-refractivity contribution in [3.8, 4) is 11.5 Å². The monoisotopic (exact) mass is 406 g/mol. The van der Waals surface area contributed by atoms with Crippen molar-refractivity contribution in [1.82, 2.24) is 15.5 Å². The Kier molecular flexibility index (Phi) is 7.99. The van der Waals surface area contributed by atoms with Crippen LogP contribution in [0, 0.1) is 0 Å². The number of phenolic OH excluding ortho intramolecular Hbond substituents is 1. The third-order valence-corrected chi connectivity index (χ3v) is 4.45. The van der Waals surface area contributed by atoms with Crippen LogP contribution in [0.3, 0.4) is 0 Å². The van der Waals surface area contributed by atoms with E-state index in [0.29, 0.717) is 43.5 Å². The quantitative estimate of drug-likeness (QED) is 0.514. The first-order chi connectivity index (χ1) is 13.7. The number of nitrogens with one attached hydrogen (secondary N) is 2. The van der Waals surface area contributed by atoms with E-state index < -0.39 is 5.60 Å². The molecule has 2 rings (SSSR count). The highest BCUT2D eigenvalue weighted by Crippen LogP contribution is 2.23. The third kappa shape index (κ3) is 7.36. The van der Waals surface area contributed by atoms with E-state index in [1.807, 2.05) is 27.7 Å².